The standard InChI is InChI=1S/C13H14N2O2S2/c1-8(16)10-4-5-12(17-3)11(6-10)7-18-13-14-9(2)15-19-13/h4-6H,7H2,1-3H3. The molecule has 0 N–H and O–H groups in total. The van der Waals surface area contributed by atoms with E-state index in [4.69, 9.17) is 4.74 Å². The number of benzene rings is 1. The van der Waals surface area contributed by atoms with E-state index in [2.05, 4.69) is 9.36 Å². The van der Waals surface area contributed by atoms with Gasteiger partial charge in [0.1, 0.15) is 11.6 Å². The molecule has 4 nitrogen and oxygen atoms in total. The van der Waals surface area contributed by atoms with Gasteiger partial charge in [0.05, 0.1) is 7.11 Å². The number of nitrogens with zero attached hydrogens (tertiary/aromatic N) is 2. The SMILES string of the molecule is COc1ccc(C(C)=O)cc1CSc1nc(C)ns1. The van der Waals surface area contributed by atoms with Gasteiger partial charge in [0.2, 0.25) is 0 Å². The molecule has 0 fully saturated rings. The third kappa shape index (κ3) is 3.54. The molecule has 0 saturated carbocycles. The van der Waals surface area contributed by atoms with Gasteiger partial charge >= 0.3 is 0 Å². The molecule has 0 aliphatic carbocycles. The molecule has 6 heteroatoms. The molecule has 2 aromatic rings. The van der Waals surface area contributed by atoms with Gasteiger partial charge < -0.3 is 4.74 Å². The average Bonchev–Trinajstić information content (AvgIpc) is 2.81. The van der Waals surface area contributed by atoms with E-state index in [-0.39, 0.29) is 5.78 Å². The fourth-order valence-corrected chi connectivity index (χ4v) is 3.21. The summed E-state index contributed by atoms with van der Waals surface area (Å²) in [6, 6.07) is 5.49. The molecule has 0 radical (unpaired) electrons. The highest BCUT2D eigenvalue weighted by Crippen LogP contribution is 2.29. The number of rotatable bonds is 5. The van der Waals surface area contributed by atoms with Gasteiger partial charge in [-0.25, -0.2) is 4.98 Å². The molecule has 0 aliphatic rings. The summed E-state index contributed by atoms with van der Waals surface area (Å²) in [6.07, 6.45) is 0. The average molecular weight is 294 g/mol. The monoisotopic (exact) mass is 294 g/mol. The lowest BCUT2D eigenvalue weighted by atomic mass is 10.1. The van der Waals surface area contributed by atoms with Crippen molar-refractivity contribution in [3.63, 3.8) is 0 Å². The number of methoxy groups -OCH3 is 1. The lowest BCUT2D eigenvalue weighted by Crippen LogP contribution is -1.96. The number of ether oxygens (including phenoxy) is 1. The second kappa shape index (κ2) is 6.16. The molecular weight excluding hydrogens is 280 g/mol. The summed E-state index contributed by atoms with van der Waals surface area (Å²) in [5, 5.41) is 0. The fourth-order valence-electron chi connectivity index (χ4n) is 1.59. The van der Waals surface area contributed by atoms with Gasteiger partial charge in [-0.15, -0.1) is 0 Å². The zero-order valence-corrected chi connectivity index (χ0v) is 12.6. The first-order valence-corrected chi connectivity index (χ1v) is 7.47. The summed E-state index contributed by atoms with van der Waals surface area (Å²) < 4.78 is 10.4. The summed E-state index contributed by atoms with van der Waals surface area (Å²) in [5.41, 5.74) is 1.69. The molecule has 2 rings (SSSR count). The lowest BCUT2D eigenvalue weighted by molar-refractivity contribution is 0.101. The molecule has 0 saturated heterocycles. The lowest BCUT2D eigenvalue weighted by Gasteiger charge is -2.08. The van der Waals surface area contributed by atoms with E-state index in [1.807, 2.05) is 19.1 Å². The van der Waals surface area contributed by atoms with Gasteiger partial charge in [0, 0.05) is 16.9 Å². The van der Waals surface area contributed by atoms with Crippen molar-refractivity contribution >= 4 is 29.1 Å². The molecule has 0 atom stereocenters. The Hall–Kier alpha value is -1.40. The van der Waals surface area contributed by atoms with Crippen molar-refractivity contribution in [3.05, 3.63) is 35.2 Å². The van der Waals surface area contributed by atoms with Crippen molar-refractivity contribution in [1.29, 1.82) is 0 Å². The van der Waals surface area contributed by atoms with Gasteiger partial charge in [-0.3, -0.25) is 4.79 Å². The first kappa shape index (κ1) is 14.0. The van der Waals surface area contributed by atoms with Crippen molar-refractivity contribution in [2.24, 2.45) is 0 Å². The Labute approximate surface area is 120 Å². The summed E-state index contributed by atoms with van der Waals surface area (Å²) in [7, 11) is 1.63. The van der Waals surface area contributed by atoms with Crippen LogP contribution < -0.4 is 4.74 Å². The summed E-state index contributed by atoms with van der Waals surface area (Å²) >= 11 is 2.98. The number of carbonyl (C=O) groups is 1. The Morgan fingerprint density at radius 3 is 2.84 bits per heavy atom. The Morgan fingerprint density at radius 1 is 1.47 bits per heavy atom. The molecule has 1 heterocycles. The third-order valence-corrected chi connectivity index (χ3v) is 4.52. The number of hydrogen-bond acceptors (Lipinski definition) is 6. The van der Waals surface area contributed by atoms with Gasteiger partial charge in [-0.1, -0.05) is 11.8 Å². The molecule has 0 aliphatic heterocycles. The molecule has 1 aromatic heterocycles. The van der Waals surface area contributed by atoms with E-state index in [1.165, 1.54) is 11.5 Å². The van der Waals surface area contributed by atoms with E-state index in [0.717, 1.165) is 21.5 Å². The minimum atomic E-state index is 0.0562. The fraction of sp³-hybridized carbons (Fsp3) is 0.308. The molecule has 100 valence electrons. The summed E-state index contributed by atoms with van der Waals surface area (Å²) in [5.74, 6) is 2.34. The molecular formula is C13H14N2O2S2. The number of thioether (sulfide) groups is 1. The maximum Gasteiger partial charge on any atom is 0.170 e. The van der Waals surface area contributed by atoms with Crippen LogP contribution in [0.4, 0.5) is 0 Å². The molecule has 0 spiro atoms. The molecule has 19 heavy (non-hydrogen) atoms. The van der Waals surface area contributed by atoms with Gasteiger partial charge in [-0.2, -0.15) is 4.37 Å². The highest BCUT2D eigenvalue weighted by Gasteiger charge is 2.09. The Balaban J connectivity index is 2.17. The Kier molecular flexibility index (Phi) is 4.55. The van der Waals surface area contributed by atoms with E-state index in [0.29, 0.717) is 11.3 Å². The van der Waals surface area contributed by atoms with Crippen LogP contribution in [-0.2, 0) is 5.75 Å². The van der Waals surface area contributed by atoms with Crippen molar-refractivity contribution in [2.75, 3.05) is 7.11 Å². The number of carbonyl (C=O) groups excluding carboxylic acids is 1. The van der Waals surface area contributed by atoms with Crippen LogP contribution >= 0.6 is 23.3 Å². The first-order valence-electron chi connectivity index (χ1n) is 5.71. The van der Waals surface area contributed by atoms with E-state index >= 15 is 0 Å². The van der Waals surface area contributed by atoms with Crippen LogP contribution in [0.3, 0.4) is 0 Å². The summed E-state index contributed by atoms with van der Waals surface area (Å²) in [4.78, 5) is 15.7. The largest absolute Gasteiger partial charge is 0.496 e. The molecule has 0 amide bonds. The van der Waals surface area contributed by atoms with Crippen molar-refractivity contribution in [3.8, 4) is 5.75 Å². The number of hydrogen-bond donors (Lipinski definition) is 0. The molecule has 0 unspecified atom stereocenters. The highest BCUT2D eigenvalue weighted by molar-refractivity contribution is 8.00. The smallest absolute Gasteiger partial charge is 0.170 e. The Morgan fingerprint density at radius 2 is 2.26 bits per heavy atom. The van der Waals surface area contributed by atoms with Crippen LogP contribution in [0.2, 0.25) is 0 Å². The van der Waals surface area contributed by atoms with E-state index < -0.39 is 0 Å². The van der Waals surface area contributed by atoms with Crippen LogP contribution in [0.15, 0.2) is 22.5 Å². The maximum absolute atomic E-state index is 11.4. The number of ketones is 1. The molecule has 0 bridgehead atoms. The van der Waals surface area contributed by atoms with Crippen LogP contribution in [0.25, 0.3) is 0 Å². The normalized spacial score (nSPS) is 10.5. The van der Waals surface area contributed by atoms with Crippen LogP contribution in [0.5, 0.6) is 5.75 Å². The zero-order chi connectivity index (χ0) is 13.8. The van der Waals surface area contributed by atoms with Crippen molar-refractivity contribution < 1.29 is 9.53 Å². The van der Waals surface area contributed by atoms with Crippen LogP contribution in [0, 0.1) is 6.92 Å². The number of Topliss-reactive ketones (excluding diaryl/α,β-unsaturated/α-hetero) is 1. The zero-order valence-electron chi connectivity index (χ0n) is 11.0. The Bertz CT molecular complexity index is 596. The van der Waals surface area contributed by atoms with E-state index in [1.54, 1.807) is 31.9 Å². The molecule has 1 aromatic carbocycles. The minimum Gasteiger partial charge on any atom is -0.496 e. The van der Waals surface area contributed by atoms with Crippen LogP contribution in [-0.4, -0.2) is 22.3 Å². The van der Waals surface area contributed by atoms with Crippen molar-refractivity contribution in [1.82, 2.24) is 9.36 Å². The van der Waals surface area contributed by atoms with Crippen molar-refractivity contribution in [2.45, 2.75) is 23.9 Å². The number of aryl methyl sites for hydroxylation is 1. The van der Waals surface area contributed by atoms with Gasteiger partial charge in [-0.05, 0) is 43.6 Å². The highest BCUT2D eigenvalue weighted by atomic mass is 32.2. The quantitative estimate of drug-likeness (QED) is 0.625. The third-order valence-electron chi connectivity index (χ3n) is 2.55. The van der Waals surface area contributed by atoms with Gasteiger partial charge in [0.15, 0.2) is 10.1 Å². The maximum atomic E-state index is 11.4. The minimum absolute atomic E-state index is 0.0562. The summed E-state index contributed by atoms with van der Waals surface area (Å²) in [6.45, 7) is 3.43. The topological polar surface area (TPSA) is 52.1 Å². The van der Waals surface area contributed by atoms with E-state index in [9.17, 15) is 4.79 Å². The van der Waals surface area contributed by atoms with Crippen LogP contribution in [0.1, 0.15) is 28.7 Å². The van der Waals surface area contributed by atoms with Gasteiger partial charge in [0.25, 0.3) is 0 Å². The second-order valence-corrected chi connectivity index (χ2v) is 5.95. The second-order valence-electron chi connectivity index (χ2n) is 3.98. The predicted octanol–water partition coefficient (Wildman–Crippen LogP) is 3.35. The predicted molar refractivity (Wildman–Crippen MR) is 77.2 cm³/mol. The number of aromatic nitrogens is 2. The first-order chi connectivity index (χ1) is 9.10.